The number of carbonyl (C=O) groups excluding carboxylic acids is 4. The summed E-state index contributed by atoms with van der Waals surface area (Å²) in [6.07, 6.45) is -1.82. The van der Waals surface area contributed by atoms with E-state index in [-0.39, 0.29) is 44.0 Å². The van der Waals surface area contributed by atoms with E-state index in [9.17, 15) is 45.2 Å². The maximum Gasteiger partial charge on any atom is 0.427 e. The molecule has 1 aromatic heterocycles. The number of hydrogen-bond acceptors (Lipinski definition) is 10. The summed E-state index contributed by atoms with van der Waals surface area (Å²) in [7, 11) is -3.26. The van der Waals surface area contributed by atoms with Crippen molar-refractivity contribution in [3.8, 4) is 11.6 Å². The minimum atomic E-state index is -4.93. The molecule has 0 bridgehead atoms. The van der Waals surface area contributed by atoms with Gasteiger partial charge in [0.2, 0.25) is 28.3 Å². The third-order valence-electron chi connectivity index (χ3n) is 11.3. The van der Waals surface area contributed by atoms with Gasteiger partial charge in [0, 0.05) is 36.0 Å². The number of hydrogen-bond donors (Lipinski definition) is 3. The number of carbonyl (C=O) groups is 4. The Balaban J connectivity index is 1.36. The number of alkyl halides is 4. The fourth-order valence-electron chi connectivity index (χ4n) is 7.49. The average molecular weight is 826 g/mol. The molecular weight excluding hydrogens is 779 g/mol. The number of benzene rings is 1. The van der Waals surface area contributed by atoms with Crippen molar-refractivity contribution < 1.29 is 59.4 Å². The van der Waals surface area contributed by atoms with Gasteiger partial charge in [0.05, 0.1) is 19.9 Å². The number of allylic oxidation sites excluding steroid dienone is 1. The molecule has 2 aliphatic carbocycles. The second kappa shape index (κ2) is 15.2. The highest BCUT2D eigenvalue weighted by Gasteiger charge is 2.64. The predicted molar refractivity (Wildman–Crippen MR) is 197 cm³/mol. The van der Waals surface area contributed by atoms with Crippen molar-refractivity contribution in [2.24, 2.45) is 17.8 Å². The molecule has 2 aromatic rings. The predicted octanol–water partition coefficient (Wildman–Crippen LogP) is 4.82. The summed E-state index contributed by atoms with van der Waals surface area (Å²) in [5.41, 5.74) is -4.71. The van der Waals surface area contributed by atoms with Crippen LogP contribution in [-0.4, -0.2) is 96.3 Å². The second-order valence-corrected chi connectivity index (χ2v) is 18.0. The summed E-state index contributed by atoms with van der Waals surface area (Å²) in [6, 6.07) is 4.20. The van der Waals surface area contributed by atoms with Gasteiger partial charge in [-0.3, -0.25) is 14.4 Å². The molecule has 0 unspecified atom stereocenters. The first kappa shape index (κ1) is 41.9. The first-order valence-electron chi connectivity index (χ1n) is 18.8. The molecule has 2 aliphatic heterocycles. The number of halogens is 4. The highest BCUT2D eigenvalue weighted by atomic mass is 32.2. The monoisotopic (exact) mass is 825 g/mol. The normalized spacial score (nSPS) is 29.7. The van der Waals surface area contributed by atoms with Crippen LogP contribution in [-0.2, 0) is 29.1 Å². The molecule has 57 heavy (non-hydrogen) atoms. The zero-order chi connectivity index (χ0) is 41.7. The fraction of sp³-hybridized carbons (Fsp3) is 0.605. The van der Waals surface area contributed by atoms with E-state index in [1.165, 1.54) is 13.3 Å². The molecule has 1 saturated heterocycles. The number of ether oxygens (including phenoxy) is 3. The van der Waals surface area contributed by atoms with Gasteiger partial charge in [-0.15, -0.1) is 0 Å². The number of nitrogens with zero attached hydrogens (tertiary/aromatic N) is 2. The molecule has 14 nitrogen and oxygen atoms in total. The van der Waals surface area contributed by atoms with Gasteiger partial charge >= 0.3 is 12.3 Å². The maximum atomic E-state index is 14.8. The molecule has 312 valence electrons. The Morgan fingerprint density at radius 2 is 1.75 bits per heavy atom. The summed E-state index contributed by atoms with van der Waals surface area (Å²) < 4.78 is 99.8. The molecule has 1 aromatic carbocycles. The molecule has 19 heteroatoms. The van der Waals surface area contributed by atoms with Crippen LogP contribution < -0.4 is 24.8 Å². The van der Waals surface area contributed by atoms with Crippen LogP contribution in [0.2, 0.25) is 0 Å². The van der Waals surface area contributed by atoms with Crippen LogP contribution in [0, 0.1) is 17.8 Å². The summed E-state index contributed by atoms with van der Waals surface area (Å²) in [5, 5.41) is 3.63. The minimum absolute atomic E-state index is 0.0180. The molecule has 3 heterocycles. The molecule has 2 saturated carbocycles. The summed E-state index contributed by atoms with van der Waals surface area (Å²) in [5.74, 6) is -3.64. The molecular formula is C38H47F4N5O9S. The van der Waals surface area contributed by atoms with Crippen LogP contribution in [0.3, 0.4) is 0 Å². The van der Waals surface area contributed by atoms with E-state index in [4.69, 9.17) is 14.2 Å². The Morgan fingerprint density at radius 3 is 2.40 bits per heavy atom. The van der Waals surface area contributed by atoms with Crippen molar-refractivity contribution >= 4 is 44.6 Å². The number of pyridine rings is 1. The Labute approximate surface area is 327 Å². The number of fused-ring (bicyclic) bond motifs is 3. The van der Waals surface area contributed by atoms with Gasteiger partial charge in [-0.25, -0.2) is 27.3 Å². The van der Waals surface area contributed by atoms with E-state index in [0.29, 0.717) is 49.6 Å². The van der Waals surface area contributed by atoms with E-state index >= 15 is 0 Å². The number of amides is 4. The zero-order valence-electron chi connectivity index (χ0n) is 32.2. The van der Waals surface area contributed by atoms with Crippen LogP contribution >= 0.6 is 0 Å². The van der Waals surface area contributed by atoms with Crippen LogP contribution in [0.15, 0.2) is 42.6 Å². The smallest absolute Gasteiger partial charge is 0.427 e. The van der Waals surface area contributed by atoms with Crippen LogP contribution in [0.25, 0.3) is 10.8 Å². The third kappa shape index (κ3) is 8.48. The van der Waals surface area contributed by atoms with Crippen molar-refractivity contribution in [2.75, 3.05) is 13.7 Å². The molecule has 0 radical (unpaired) electrons. The van der Waals surface area contributed by atoms with Gasteiger partial charge in [-0.05, 0) is 57.4 Å². The van der Waals surface area contributed by atoms with Crippen molar-refractivity contribution in [3.05, 3.63) is 42.6 Å². The van der Waals surface area contributed by atoms with E-state index < -0.39 is 86.2 Å². The lowest BCUT2D eigenvalue weighted by molar-refractivity contribution is -0.244. The standard InChI is InChI=1S/C38H47F4N5O9S/c1-21-10-6-7-11-23-18-37(23,33(50)46-57(52,53)36(39)14-15-36)45-30(48)27-17-24(55-31-26-13-9-8-12-25(26)28(54-5)19-43-31)20-47(27)32(49)29(22(2)16-21)44-34(51)56-35(3,4)38(40,41)42/h7-9,11-13,19,21-24,27,29H,6,10,14-18,20H2,1-5H3,(H,44,51)(H,45,48)(H,46,50)/b11-7-/t21-,22+,23+,24+,27-,29-,37+/m0/s1. The molecule has 4 aliphatic rings. The number of nitrogens with one attached hydrogen (secondary N) is 3. The lowest BCUT2D eigenvalue weighted by Gasteiger charge is -2.34. The average Bonchev–Trinajstić information content (AvgIpc) is 4.01. The molecule has 4 amide bonds. The SMILES string of the molecule is COc1cnc(O[C@@H]2C[C@H]3C(=O)N[C@]4(C(=O)NS(=O)(=O)C5(F)CC5)C[C@H]4/C=C\CC[C@H](C)C[C@@H](C)[C@H](NC(=O)OC(C)(C)C(F)(F)F)C(=O)N3C2)c2ccccc12. The third-order valence-corrected chi connectivity index (χ3v) is 13.1. The van der Waals surface area contributed by atoms with Gasteiger partial charge in [0.1, 0.15) is 29.5 Å². The molecule has 0 spiro atoms. The Hall–Kier alpha value is -4.68. The first-order valence-corrected chi connectivity index (χ1v) is 20.3. The van der Waals surface area contributed by atoms with Gasteiger partial charge < -0.3 is 29.7 Å². The second-order valence-electron chi connectivity index (χ2n) is 16.1. The van der Waals surface area contributed by atoms with Crippen molar-refractivity contribution in [1.82, 2.24) is 25.2 Å². The van der Waals surface area contributed by atoms with E-state index in [2.05, 4.69) is 15.6 Å². The Kier molecular flexibility index (Phi) is 11.2. The maximum absolute atomic E-state index is 14.8. The van der Waals surface area contributed by atoms with Crippen LogP contribution in [0.1, 0.15) is 72.6 Å². The number of methoxy groups -OCH3 is 1. The highest BCUT2D eigenvalue weighted by molar-refractivity contribution is 7.91. The van der Waals surface area contributed by atoms with Crippen LogP contribution in [0.4, 0.5) is 22.4 Å². The Morgan fingerprint density at radius 1 is 1.07 bits per heavy atom. The van der Waals surface area contributed by atoms with E-state index in [1.54, 1.807) is 43.3 Å². The van der Waals surface area contributed by atoms with Gasteiger partial charge in [0.15, 0.2) is 0 Å². The highest BCUT2D eigenvalue weighted by Crippen LogP contribution is 2.48. The molecule has 6 rings (SSSR count). The van der Waals surface area contributed by atoms with Crippen molar-refractivity contribution in [1.29, 1.82) is 0 Å². The summed E-state index contributed by atoms with van der Waals surface area (Å²) >= 11 is 0. The first-order chi connectivity index (χ1) is 26.6. The van der Waals surface area contributed by atoms with Crippen molar-refractivity contribution in [2.45, 2.75) is 113 Å². The van der Waals surface area contributed by atoms with Gasteiger partial charge in [0.25, 0.3) is 15.9 Å². The van der Waals surface area contributed by atoms with Crippen LogP contribution in [0.5, 0.6) is 11.6 Å². The fourth-order valence-corrected chi connectivity index (χ4v) is 8.74. The van der Waals surface area contributed by atoms with Crippen molar-refractivity contribution in [3.63, 3.8) is 0 Å². The molecule has 3 fully saturated rings. The number of alkyl carbamates (subject to hydrolysis) is 1. The van der Waals surface area contributed by atoms with Gasteiger partial charge in [-0.2, -0.15) is 13.2 Å². The number of aromatic nitrogens is 1. The summed E-state index contributed by atoms with van der Waals surface area (Å²) in [4.78, 5) is 61.4. The molecule has 7 atom stereocenters. The van der Waals surface area contributed by atoms with E-state index in [1.807, 2.05) is 11.6 Å². The Bertz CT molecular complexity index is 2060. The minimum Gasteiger partial charge on any atom is -0.494 e. The lowest BCUT2D eigenvalue weighted by Crippen LogP contribution is -2.59. The molecule has 3 N–H and O–H groups in total. The largest absolute Gasteiger partial charge is 0.494 e. The zero-order valence-corrected chi connectivity index (χ0v) is 33.0. The van der Waals surface area contributed by atoms with E-state index in [0.717, 1.165) is 4.90 Å². The van der Waals surface area contributed by atoms with Gasteiger partial charge in [-0.1, -0.05) is 44.2 Å². The number of rotatable bonds is 8. The lowest BCUT2D eigenvalue weighted by atomic mass is 9.88. The summed E-state index contributed by atoms with van der Waals surface area (Å²) in [6.45, 7) is 4.64. The topological polar surface area (TPSA) is 182 Å². The number of sulfonamides is 1. The quantitative estimate of drug-likeness (QED) is 0.247.